The van der Waals surface area contributed by atoms with Crippen LogP contribution in [-0.2, 0) is 0 Å². The van der Waals surface area contributed by atoms with Crippen molar-refractivity contribution in [3.05, 3.63) is 28.4 Å². The molecule has 2 atom stereocenters. The molecule has 2 aliphatic rings. The lowest BCUT2D eigenvalue weighted by Crippen LogP contribution is -2.47. The fraction of sp³-hybridized carbons (Fsp3) is 0.615. The molecular formula is C13H18N4O2. The van der Waals surface area contributed by atoms with Crippen LogP contribution in [0.5, 0.6) is 0 Å². The van der Waals surface area contributed by atoms with Gasteiger partial charge in [0.2, 0.25) is 0 Å². The topological polar surface area (TPSA) is 71.3 Å². The van der Waals surface area contributed by atoms with E-state index in [1.54, 1.807) is 12.3 Å². The molecule has 3 rings (SSSR count). The Balaban J connectivity index is 1.72. The maximum atomic E-state index is 10.6. The number of nitrogens with one attached hydrogen (secondary N) is 1. The van der Waals surface area contributed by atoms with Crippen molar-refractivity contribution in [2.45, 2.75) is 43.8 Å². The van der Waals surface area contributed by atoms with Crippen molar-refractivity contribution >= 4 is 11.5 Å². The number of nitro groups is 1. The first kappa shape index (κ1) is 12.3. The Kier molecular flexibility index (Phi) is 3.10. The lowest BCUT2D eigenvalue weighted by molar-refractivity contribution is -0.389. The largest absolute Gasteiger partial charge is 0.368 e. The molecule has 1 aromatic heterocycles. The summed E-state index contributed by atoms with van der Waals surface area (Å²) in [5.41, 5.74) is 0.955. The van der Waals surface area contributed by atoms with Crippen LogP contribution in [0.25, 0.3) is 0 Å². The Morgan fingerprint density at radius 3 is 2.58 bits per heavy atom. The van der Waals surface area contributed by atoms with Gasteiger partial charge in [-0.05, 0) is 41.7 Å². The van der Waals surface area contributed by atoms with E-state index in [9.17, 15) is 10.1 Å². The molecule has 6 heteroatoms. The van der Waals surface area contributed by atoms with Crippen LogP contribution in [0.1, 0.15) is 25.7 Å². The second-order valence-electron chi connectivity index (χ2n) is 5.51. The highest BCUT2D eigenvalue weighted by Gasteiger charge is 2.35. The molecule has 1 N–H and O–H groups in total. The fourth-order valence-corrected chi connectivity index (χ4v) is 3.25. The Morgan fingerprint density at radius 2 is 2.05 bits per heavy atom. The van der Waals surface area contributed by atoms with Crippen LogP contribution >= 0.6 is 0 Å². The first-order valence-corrected chi connectivity index (χ1v) is 6.73. The summed E-state index contributed by atoms with van der Waals surface area (Å²) in [6.07, 6.45) is 6.43. The zero-order chi connectivity index (χ0) is 13.4. The standard InChI is InChI=1S/C13H18N4O2/c1-16(11-4-5-13(14-8-11)17(18)19)12-6-9-2-3-10(7-12)15-9/h4-5,8-10,12,15H,2-3,6-7H2,1H3. The minimum absolute atomic E-state index is 0.0949. The summed E-state index contributed by atoms with van der Waals surface area (Å²) in [6.45, 7) is 0. The van der Waals surface area contributed by atoms with Gasteiger partial charge >= 0.3 is 5.82 Å². The third-order valence-electron chi connectivity index (χ3n) is 4.32. The monoisotopic (exact) mass is 262 g/mol. The number of fused-ring (bicyclic) bond motifs is 2. The average molecular weight is 262 g/mol. The molecule has 0 aliphatic carbocycles. The average Bonchev–Trinajstić information content (AvgIpc) is 2.76. The van der Waals surface area contributed by atoms with Gasteiger partial charge in [-0.2, -0.15) is 0 Å². The molecule has 0 saturated carbocycles. The maximum absolute atomic E-state index is 10.6. The number of piperidine rings is 1. The van der Waals surface area contributed by atoms with E-state index in [-0.39, 0.29) is 5.82 Å². The van der Waals surface area contributed by atoms with E-state index < -0.39 is 4.92 Å². The first-order valence-electron chi connectivity index (χ1n) is 6.73. The lowest BCUT2D eigenvalue weighted by atomic mass is 9.98. The number of aromatic nitrogens is 1. The van der Waals surface area contributed by atoms with Crippen LogP contribution in [0.2, 0.25) is 0 Å². The van der Waals surface area contributed by atoms with E-state index in [1.807, 2.05) is 0 Å². The fourth-order valence-electron chi connectivity index (χ4n) is 3.25. The van der Waals surface area contributed by atoms with Crippen LogP contribution in [0.4, 0.5) is 11.5 Å². The predicted octanol–water partition coefficient (Wildman–Crippen LogP) is 1.71. The molecule has 19 heavy (non-hydrogen) atoms. The number of hydrogen-bond donors (Lipinski definition) is 1. The molecule has 0 radical (unpaired) electrons. The highest BCUT2D eigenvalue weighted by atomic mass is 16.6. The van der Waals surface area contributed by atoms with Crippen LogP contribution in [0.15, 0.2) is 18.3 Å². The minimum Gasteiger partial charge on any atom is -0.368 e. The van der Waals surface area contributed by atoms with Crippen molar-refractivity contribution < 1.29 is 4.92 Å². The van der Waals surface area contributed by atoms with Crippen LogP contribution < -0.4 is 10.2 Å². The van der Waals surface area contributed by atoms with E-state index >= 15 is 0 Å². The van der Waals surface area contributed by atoms with E-state index in [0.717, 1.165) is 18.5 Å². The van der Waals surface area contributed by atoms with Gasteiger partial charge in [0.15, 0.2) is 6.20 Å². The van der Waals surface area contributed by atoms with Crippen molar-refractivity contribution in [3.63, 3.8) is 0 Å². The third kappa shape index (κ3) is 2.40. The number of hydrogen-bond acceptors (Lipinski definition) is 5. The zero-order valence-corrected chi connectivity index (χ0v) is 11.0. The molecule has 1 aromatic rings. The van der Waals surface area contributed by atoms with Gasteiger partial charge in [0.05, 0.1) is 5.69 Å². The summed E-state index contributed by atoms with van der Waals surface area (Å²) < 4.78 is 0. The SMILES string of the molecule is CN(c1ccc([N+](=O)[O-])nc1)C1CC2CCC(C1)N2. The minimum atomic E-state index is -0.464. The summed E-state index contributed by atoms with van der Waals surface area (Å²) in [5.74, 6) is -0.0949. The molecule has 0 spiro atoms. The quantitative estimate of drug-likeness (QED) is 0.663. The van der Waals surface area contributed by atoms with E-state index in [4.69, 9.17) is 0 Å². The van der Waals surface area contributed by atoms with Crippen LogP contribution in [0, 0.1) is 10.1 Å². The molecule has 2 bridgehead atoms. The van der Waals surface area contributed by atoms with Gasteiger partial charge in [-0.1, -0.05) is 0 Å². The van der Waals surface area contributed by atoms with Gasteiger partial charge < -0.3 is 20.3 Å². The van der Waals surface area contributed by atoms with Gasteiger partial charge in [0, 0.05) is 31.2 Å². The maximum Gasteiger partial charge on any atom is 0.363 e. The molecule has 2 fully saturated rings. The number of pyridine rings is 1. The summed E-state index contributed by atoms with van der Waals surface area (Å²) in [4.78, 5) is 16.2. The normalized spacial score (nSPS) is 29.2. The van der Waals surface area contributed by atoms with Gasteiger partial charge in [0.25, 0.3) is 0 Å². The smallest absolute Gasteiger partial charge is 0.363 e. The second-order valence-corrected chi connectivity index (χ2v) is 5.51. The van der Waals surface area contributed by atoms with Crippen molar-refractivity contribution in [2.24, 2.45) is 0 Å². The van der Waals surface area contributed by atoms with E-state index in [0.29, 0.717) is 18.1 Å². The first-order chi connectivity index (χ1) is 9.13. The molecular weight excluding hydrogens is 244 g/mol. The molecule has 2 aliphatic heterocycles. The molecule has 2 saturated heterocycles. The lowest BCUT2D eigenvalue weighted by Gasteiger charge is -2.36. The summed E-state index contributed by atoms with van der Waals surface area (Å²) in [7, 11) is 2.05. The zero-order valence-electron chi connectivity index (χ0n) is 11.0. The van der Waals surface area contributed by atoms with E-state index in [1.165, 1.54) is 18.9 Å². The Hall–Kier alpha value is -1.69. The highest BCUT2D eigenvalue weighted by molar-refractivity contribution is 5.47. The van der Waals surface area contributed by atoms with Crippen LogP contribution in [0.3, 0.4) is 0 Å². The molecule has 2 unspecified atom stereocenters. The Morgan fingerprint density at radius 1 is 1.37 bits per heavy atom. The predicted molar refractivity (Wildman–Crippen MR) is 72.3 cm³/mol. The molecule has 3 heterocycles. The number of nitrogens with zero attached hydrogens (tertiary/aromatic N) is 3. The van der Waals surface area contributed by atoms with Crippen molar-refractivity contribution in [1.29, 1.82) is 0 Å². The highest BCUT2D eigenvalue weighted by Crippen LogP contribution is 2.31. The Bertz CT molecular complexity index is 464. The number of rotatable bonds is 3. The third-order valence-corrected chi connectivity index (χ3v) is 4.32. The van der Waals surface area contributed by atoms with Gasteiger partial charge in [-0.3, -0.25) is 0 Å². The molecule has 0 amide bonds. The molecule has 6 nitrogen and oxygen atoms in total. The Labute approximate surface area is 112 Å². The van der Waals surface area contributed by atoms with Gasteiger partial charge in [-0.25, -0.2) is 0 Å². The van der Waals surface area contributed by atoms with Crippen LogP contribution in [-0.4, -0.2) is 35.1 Å². The molecule has 0 aromatic carbocycles. The summed E-state index contributed by atoms with van der Waals surface area (Å²) >= 11 is 0. The summed E-state index contributed by atoms with van der Waals surface area (Å²) in [5, 5.41) is 14.2. The van der Waals surface area contributed by atoms with Crippen molar-refractivity contribution in [1.82, 2.24) is 10.3 Å². The van der Waals surface area contributed by atoms with Crippen molar-refractivity contribution in [3.8, 4) is 0 Å². The molecule has 102 valence electrons. The van der Waals surface area contributed by atoms with Gasteiger partial charge in [-0.15, -0.1) is 0 Å². The second kappa shape index (κ2) is 4.77. The van der Waals surface area contributed by atoms with Crippen molar-refractivity contribution in [2.75, 3.05) is 11.9 Å². The van der Waals surface area contributed by atoms with Gasteiger partial charge in [0.1, 0.15) is 0 Å². The summed E-state index contributed by atoms with van der Waals surface area (Å²) in [6, 6.07) is 5.03. The number of anilines is 1. The van der Waals surface area contributed by atoms with E-state index in [2.05, 4.69) is 22.2 Å².